The standard InChI is InChI=1S/C29H31N7.C2H2/c1-18-14-20-4-2-3-5-22(20)27(18)34-25-15-21(8-9-32-25)28-33-24-17-31-16-23(19-6-7-19)26(24)29(35-28)36-12-10-30-11-13-36;1-2/h2-5,8-9,15-19,27,30H,6-7,10-14H2,1H3,(H,32,34);1-2H/t18?,27-;/m0./s1. The van der Waals surface area contributed by atoms with E-state index < -0.39 is 0 Å². The maximum Gasteiger partial charge on any atom is 0.162 e. The van der Waals surface area contributed by atoms with E-state index in [1.807, 2.05) is 24.7 Å². The van der Waals surface area contributed by atoms with Crippen LogP contribution in [0.4, 0.5) is 11.6 Å². The predicted molar refractivity (Wildman–Crippen MR) is 153 cm³/mol. The molecule has 3 aliphatic rings. The average molecular weight is 504 g/mol. The first-order valence-electron chi connectivity index (χ1n) is 13.5. The number of nitrogens with one attached hydrogen (secondary N) is 2. The Labute approximate surface area is 224 Å². The van der Waals surface area contributed by atoms with Crippen molar-refractivity contribution in [2.45, 2.75) is 38.1 Å². The second kappa shape index (κ2) is 10.4. The highest BCUT2D eigenvalue weighted by atomic mass is 15.2. The molecular weight excluding hydrogens is 470 g/mol. The van der Waals surface area contributed by atoms with Crippen molar-refractivity contribution in [3.63, 3.8) is 0 Å². The Balaban J connectivity index is 0.00000129. The number of pyridine rings is 2. The first kappa shape index (κ1) is 24.3. The van der Waals surface area contributed by atoms with Crippen molar-refractivity contribution >= 4 is 22.5 Å². The van der Waals surface area contributed by atoms with Gasteiger partial charge in [-0.2, -0.15) is 0 Å². The fourth-order valence-electron chi connectivity index (χ4n) is 5.85. The molecule has 1 unspecified atom stereocenters. The third-order valence-electron chi connectivity index (χ3n) is 7.87. The van der Waals surface area contributed by atoms with Crippen molar-refractivity contribution in [3.05, 3.63) is 71.7 Å². The molecule has 7 heteroatoms. The van der Waals surface area contributed by atoms with Crippen molar-refractivity contribution in [2.24, 2.45) is 5.92 Å². The Kier molecular flexibility index (Phi) is 6.65. The highest BCUT2D eigenvalue weighted by molar-refractivity contribution is 5.94. The molecule has 38 heavy (non-hydrogen) atoms. The zero-order valence-electron chi connectivity index (χ0n) is 21.8. The van der Waals surface area contributed by atoms with Gasteiger partial charge in [0, 0.05) is 49.5 Å². The molecule has 7 nitrogen and oxygen atoms in total. The van der Waals surface area contributed by atoms with Crippen LogP contribution < -0.4 is 15.5 Å². The highest BCUT2D eigenvalue weighted by Crippen LogP contribution is 2.45. The quantitative estimate of drug-likeness (QED) is 0.372. The summed E-state index contributed by atoms with van der Waals surface area (Å²) in [5.74, 6) is 3.74. The van der Waals surface area contributed by atoms with E-state index in [1.54, 1.807) is 0 Å². The van der Waals surface area contributed by atoms with Gasteiger partial charge in [-0.05, 0) is 59.9 Å². The summed E-state index contributed by atoms with van der Waals surface area (Å²) in [6.45, 7) is 6.13. The molecule has 4 heterocycles. The molecule has 1 saturated heterocycles. The summed E-state index contributed by atoms with van der Waals surface area (Å²) < 4.78 is 0. The Morgan fingerprint density at radius 3 is 2.63 bits per heavy atom. The summed E-state index contributed by atoms with van der Waals surface area (Å²) >= 11 is 0. The summed E-state index contributed by atoms with van der Waals surface area (Å²) in [6, 6.07) is 13.1. The number of piperazine rings is 1. The van der Waals surface area contributed by atoms with Crippen LogP contribution in [0.1, 0.15) is 48.4 Å². The van der Waals surface area contributed by atoms with Crippen molar-refractivity contribution in [1.29, 1.82) is 0 Å². The zero-order valence-corrected chi connectivity index (χ0v) is 21.8. The highest BCUT2D eigenvalue weighted by Gasteiger charge is 2.30. The lowest BCUT2D eigenvalue weighted by Gasteiger charge is -2.30. The number of terminal acetylenes is 1. The van der Waals surface area contributed by atoms with Crippen LogP contribution in [0.25, 0.3) is 22.3 Å². The SMILES string of the molecule is C#C.CC1Cc2ccccc2[C@H]1Nc1cc(-c2nc(N3CCNCC3)c3c(C4CC4)cncc3n2)ccn1. The first-order chi connectivity index (χ1) is 18.7. The molecule has 0 bridgehead atoms. The molecular formula is C31H33N7. The lowest BCUT2D eigenvalue weighted by atomic mass is 10.0. The minimum atomic E-state index is 0.253. The molecule has 2 N–H and O–H groups in total. The minimum absolute atomic E-state index is 0.253. The van der Waals surface area contributed by atoms with Gasteiger partial charge in [0.2, 0.25) is 0 Å². The number of hydrogen-bond donors (Lipinski definition) is 2. The monoisotopic (exact) mass is 503 g/mol. The van der Waals surface area contributed by atoms with E-state index in [0.29, 0.717) is 11.8 Å². The van der Waals surface area contributed by atoms with Gasteiger partial charge in [0.05, 0.1) is 17.8 Å². The Hall–Kier alpha value is -4.02. The second-order valence-corrected chi connectivity index (χ2v) is 10.4. The molecule has 0 radical (unpaired) electrons. The third kappa shape index (κ3) is 4.57. The van der Waals surface area contributed by atoms with Gasteiger partial charge < -0.3 is 15.5 Å². The van der Waals surface area contributed by atoms with E-state index in [-0.39, 0.29) is 6.04 Å². The summed E-state index contributed by atoms with van der Waals surface area (Å²) in [5, 5.41) is 8.36. The molecule has 192 valence electrons. The maximum atomic E-state index is 5.19. The van der Waals surface area contributed by atoms with Crippen LogP contribution in [0.2, 0.25) is 0 Å². The number of anilines is 2. The van der Waals surface area contributed by atoms with Crippen LogP contribution in [-0.4, -0.2) is 46.1 Å². The second-order valence-electron chi connectivity index (χ2n) is 10.4. The van der Waals surface area contributed by atoms with Crippen molar-refractivity contribution in [2.75, 3.05) is 36.4 Å². The topological polar surface area (TPSA) is 78.9 Å². The number of benzene rings is 1. The van der Waals surface area contributed by atoms with Gasteiger partial charge in [-0.15, -0.1) is 12.8 Å². The summed E-state index contributed by atoms with van der Waals surface area (Å²) in [5.41, 5.74) is 6.01. The Morgan fingerprint density at radius 1 is 1.00 bits per heavy atom. The molecule has 2 aliphatic carbocycles. The molecule has 2 fully saturated rings. The van der Waals surface area contributed by atoms with Crippen LogP contribution in [-0.2, 0) is 6.42 Å². The third-order valence-corrected chi connectivity index (χ3v) is 7.87. The van der Waals surface area contributed by atoms with Crippen LogP contribution in [0.3, 0.4) is 0 Å². The number of rotatable bonds is 5. The van der Waals surface area contributed by atoms with Crippen molar-refractivity contribution in [3.8, 4) is 24.2 Å². The van der Waals surface area contributed by atoms with Crippen LogP contribution in [0.15, 0.2) is 55.0 Å². The fraction of sp³-hybridized carbons (Fsp3) is 0.355. The van der Waals surface area contributed by atoms with Gasteiger partial charge in [0.25, 0.3) is 0 Å². The summed E-state index contributed by atoms with van der Waals surface area (Å²) in [4.78, 5) is 21.9. The first-order valence-corrected chi connectivity index (χ1v) is 13.5. The van der Waals surface area contributed by atoms with Gasteiger partial charge in [0.1, 0.15) is 11.6 Å². The average Bonchev–Trinajstić information content (AvgIpc) is 3.78. The predicted octanol–water partition coefficient (Wildman–Crippen LogP) is 4.97. The number of nitrogens with zero attached hydrogens (tertiary/aromatic N) is 5. The summed E-state index contributed by atoms with van der Waals surface area (Å²) in [7, 11) is 0. The van der Waals surface area contributed by atoms with Gasteiger partial charge in [-0.3, -0.25) is 4.98 Å². The van der Waals surface area contributed by atoms with E-state index in [1.165, 1.54) is 34.9 Å². The molecule has 1 saturated carbocycles. The maximum absolute atomic E-state index is 5.19. The van der Waals surface area contributed by atoms with Gasteiger partial charge in [-0.25, -0.2) is 15.0 Å². The largest absolute Gasteiger partial charge is 0.363 e. The number of aromatic nitrogens is 4. The molecule has 1 aliphatic heterocycles. The van der Waals surface area contributed by atoms with E-state index in [2.05, 4.69) is 75.6 Å². The van der Waals surface area contributed by atoms with Crippen LogP contribution >= 0.6 is 0 Å². The fourth-order valence-corrected chi connectivity index (χ4v) is 5.85. The Morgan fingerprint density at radius 2 is 1.82 bits per heavy atom. The van der Waals surface area contributed by atoms with E-state index in [4.69, 9.17) is 9.97 Å². The number of fused-ring (bicyclic) bond motifs is 2. The van der Waals surface area contributed by atoms with Gasteiger partial charge in [0.15, 0.2) is 5.82 Å². The van der Waals surface area contributed by atoms with E-state index >= 15 is 0 Å². The smallest absolute Gasteiger partial charge is 0.162 e. The summed E-state index contributed by atoms with van der Waals surface area (Å²) in [6.07, 6.45) is 17.3. The normalized spacial score (nSPS) is 20.4. The number of hydrogen-bond acceptors (Lipinski definition) is 7. The van der Waals surface area contributed by atoms with E-state index in [0.717, 1.165) is 61.1 Å². The molecule has 0 amide bonds. The van der Waals surface area contributed by atoms with Gasteiger partial charge >= 0.3 is 0 Å². The van der Waals surface area contributed by atoms with Gasteiger partial charge in [-0.1, -0.05) is 31.2 Å². The minimum Gasteiger partial charge on any atom is -0.363 e. The van der Waals surface area contributed by atoms with Crippen molar-refractivity contribution in [1.82, 2.24) is 25.3 Å². The van der Waals surface area contributed by atoms with Crippen molar-refractivity contribution < 1.29 is 0 Å². The lowest BCUT2D eigenvalue weighted by molar-refractivity contribution is 0.540. The molecule has 0 spiro atoms. The molecule has 2 atom stereocenters. The van der Waals surface area contributed by atoms with Crippen LogP contribution in [0, 0.1) is 18.8 Å². The van der Waals surface area contributed by atoms with E-state index in [9.17, 15) is 0 Å². The molecule has 7 rings (SSSR count). The Bertz CT molecular complexity index is 1470. The molecule has 1 aromatic carbocycles. The molecule has 3 aromatic heterocycles. The lowest BCUT2D eigenvalue weighted by Crippen LogP contribution is -2.44. The zero-order chi connectivity index (χ0) is 26.1. The molecule has 4 aromatic rings. The van der Waals surface area contributed by atoms with Crippen LogP contribution in [0.5, 0.6) is 0 Å².